The molecule has 1 aromatic carbocycles. The Kier molecular flexibility index (Phi) is 4.74. The van der Waals surface area contributed by atoms with Gasteiger partial charge in [-0.05, 0) is 25.0 Å². The van der Waals surface area contributed by atoms with E-state index in [0.717, 1.165) is 12.8 Å². The summed E-state index contributed by atoms with van der Waals surface area (Å²) in [4.78, 5) is 11.0. The Morgan fingerprint density at radius 3 is 2.44 bits per heavy atom. The number of ketones is 1. The molecule has 1 aromatic rings. The number of nitrogens with one attached hydrogen (secondary N) is 1. The Labute approximate surface area is 101 Å². The van der Waals surface area contributed by atoms with Crippen LogP contribution in [-0.4, -0.2) is 11.8 Å². The highest BCUT2D eigenvalue weighted by atomic mass is 35.5. The molecule has 2 rings (SSSR count). The molecule has 2 nitrogen and oxygen atoms in total. The summed E-state index contributed by atoms with van der Waals surface area (Å²) in [5, 5.41) is 3.14. The molecule has 0 heterocycles. The van der Waals surface area contributed by atoms with E-state index in [1.807, 2.05) is 0 Å². The van der Waals surface area contributed by atoms with Crippen molar-refractivity contribution in [2.75, 3.05) is 5.32 Å². The molecule has 0 spiro atoms. The molecule has 1 saturated carbocycles. The van der Waals surface area contributed by atoms with Crippen molar-refractivity contribution in [1.29, 1.82) is 0 Å². The first-order chi connectivity index (χ1) is 7.25. The van der Waals surface area contributed by atoms with Gasteiger partial charge < -0.3 is 5.32 Å². The number of benzene rings is 1. The van der Waals surface area contributed by atoms with Gasteiger partial charge in [0, 0.05) is 18.9 Å². The molecular formula is C12H15ClFNO. The third-order valence-electron chi connectivity index (χ3n) is 2.78. The molecule has 0 saturated heterocycles. The average Bonchev–Trinajstić information content (AvgIpc) is 2.25. The van der Waals surface area contributed by atoms with E-state index in [-0.39, 0.29) is 24.3 Å². The van der Waals surface area contributed by atoms with Crippen LogP contribution in [0.4, 0.5) is 10.1 Å². The number of halogens is 2. The predicted molar refractivity (Wildman–Crippen MR) is 64.5 cm³/mol. The summed E-state index contributed by atoms with van der Waals surface area (Å²) >= 11 is 0. The van der Waals surface area contributed by atoms with Crippen molar-refractivity contribution in [1.82, 2.24) is 0 Å². The maximum atomic E-state index is 13.3. The van der Waals surface area contributed by atoms with Gasteiger partial charge in [0.05, 0.1) is 5.69 Å². The number of hydrogen-bond acceptors (Lipinski definition) is 2. The summed E-state index contributed by atoms with van der Waals surface area (Å²) in [6.45, 7) is 0. The van der Waals surface area contributed by atoms with Gasteiger partial charge in [-0.1, -0.05) is 12.1 Å². The van der Waals surface area contributed by atoms with Gasteiger partial charge in [0.25, 0.3) is 0 Å². The van der Waals surface area contributed by atoms with Crippen LogP contribution < -0.4 is 5.32 Å². The molecule has 0 bridgehead atoms. The number of carbonyl (C=O) groups excluding carboxylic acids is 1. The highest BCUT2D eigenvalue weighted by Gasteiger charge is 2.18. The average molecular weight is 244 g/mol. The van der Waals surface area contributed by atoms with Crippen LogP contribution in [-0.2, 0) is 4.79 Å². The van der Waals surface area contributed by atoms with E-state index in [1.54, 1.807) is 18.2 Å². The van der Waals surface area contributed by atoms with Crippen molar-refractivity contribution in [2.24, 2.45) is 0 Å². The van der Waals surface area contributed by atoms with Gasteiger partial charge in [-0.2, -0.15) is 0 Å². The number of anilines is 1. The highest BCUT2D eigenvalue weighted by Crippen LogP contribution is 2.21. The maximum Gasteiger partial charge on any atom is 0.146 e. The normalized spacial score (nSPS) is 16.7. The fraction of sp³-hybridized carbons (Fsp3) is 0.417. The quantitative estimate of drug-likeness (QED) is 0.865. The molecule has 1 fully saturated rings. The van der Waals surface area contributed by atoms with Crippen molar-refractivity contribution in [3.8, 4) is 0 Å². The predicted octanol–water partition coefficient (Wildman–Crippen LogP) is 3.17. The van der Waals surface area contributed by atoms with Gasteiger partial charge in [0.2, 0.25) is 0 Å². The van der Waals surface area contributed by atoms with Crippen molar-refractivity contribution < 1.29 is 9.18 Å². The van der Waals surface area contributed by atoms with Gasteiger partial charge in [0.15, 0.2) is 0 Å². The smallest absolute Gasteiger partial charge is 0.146 e. The Morgan fingerprint density at radius 2 is 1.81 bits per heavy atom. The van der Waals surface area contributed by atoms with E-state index in [0.29, 0.717) is 24.3 Å². The summed E-state index contributed by atoms with van der Waals surface area (Å²) in [6.07, 6.45) is 2.86. The minimum absolute atomic E-state index is 0. The minimum atomic E-state index is -0.227. The zero-order valence-corrected chi connectivity index (χ0v) is 9.73. The molecule has 1 aliphatic carbocycles. The van der Waals surface area contributed by atoms with Gasteiger partial charge >= 0.3 is 0 Å². The Balaban J connectivity index is 0.00000128. The zero-order chi connectivity index (χ0) is 10.7. The standard InChI is InChI=1S/C12H14FNO.ClH/c13-11-3-1-2-4-12(11)14-9-5-7-10(15)8-6-9;/h1-4,9,14H,5-8H2;1H. The number of hydrogen-bond donors (Lipinski definition) is 1. The number of Topliss-reactive ketones (excluding diaryl/α,β-unsaturated/α-hetero) is 1. The molecule has 0 atom stereocenters. The lowest BCUT2D eigenvalue weighted by molar-refractivity contribution is -0.120. The lowest BCUT2D eigenvalue weighted by atomic mass is 9.94. The van der Waals surface area contributed by atoms with E-state index in [1.165, 1.54) is 6.07 Å². The molecule has 88 valence electrons. The molecule has 0 aromatic heterocycles. The largest absolute Gasteiger partial charge is 0.380 e. The van der Waals surface area contributed by atoms with E-state index >= 15 is 0 Å². The van der Waals surface area contributed by atoms with Gasteiger partial charge in [-0.3, -0.25) is 4.79 Å². The first-order valence-electron chi connectivity index (χ1n) is 5.28. The molecule has 0 unspecified atom stereocenters. The Bertz CT molecular complexity index is 360. The SMILES string of the molecule is Cl.O=C1CCC(Nc2ccccc2F)CC1. The Morgan fingerprint density at radius 1 is 1.19 bits per heavy atom. The van der Waals surface area contributed by atoms with E-state index in [9.17, 15) is 9.18 Å². The monoisotopic (exact) mass is 243 g/mol. The maximum absolute atomic E-state index is 13.3. The second-order valence-corrected chi connectivity index (χ2v) is 3.94. The van der Waals surface area contributed by atoms with Gasteiger partial charge in [-0.25, -0.2) is 4.39 Å². The summed E-state index contributed by atoms with van der Waals surface area (Å²) in [5.41, 5.74) is 0.539. The number of para-hydroxylation sites is 1. The summed E-state index contributed by atoms with van der Waals surface area (Å²) < 4.78 is 13.3. The van der Waals surface area contributed by atoms with Gasteiger partial charge in [0.1, 0.15) is 11.6 Å². The van der Waals surface area contributed by atoms with Crippen LogP contribution in [0.25, 0.3) is 0 Å². The highest BCUT2D eigenvalue weighted by molar-refractivity contribution is 5.85. The summed E-state index contributed by atoms with van der Waals surface area (Å²) in [6, 6.07) is 6.88. The van der Waals surface area contributed by atoms with Gasteiger partial charge in [-0.15, -0.1) is 12.4 Å². The second kappa shape index (κ2) is 5.85. The van der Waals surface area contributed by atoms with Crippen LogP contribution in [0.1, 0.15) is 25.7 Å². The van der Waals surface area contributed by atoms with Crippen molar-refractivity contribution >= 4 is 23.9 Å². The molecule has 1 N–H and O–H groups in total. The molecular weight excluding hydrogens is 229 g/mol. The summed E-state index contributed by atoms with van der Waals surface area (Å²) in [5.74, 6) is 0.0935. The van der Waals surface area contributed by atoms with E-state index < -0.39 is 0 Å². The number of rotatable bonds is 2. The zero-order valence-electron chi connectivity index (χ0n) is 8.91. The molecule has 4 heteroatoms. The van der Waals surface area contributed by atoms with Crippen LogP contribution >= 0.6 is 12.4 Å². The fourth-order valence-corrected chi connectivity index (χ4v) is 1.88. The molecule has 16 heavy (non-hydrogen) atoms. The number of carbonyl (C=O) groups is 1. The van der Waals surface area contributed by atoms with E-state index in [4.69, 9.17) is 0 Å². The molecule has 1 aliphatic rings. The van der Waals surface area contributed by atoms with Crippen LogP contribution in [0, 0.1) is 5.82 Å². The van der Waals surface area contributed by atoms with Crippen LogP contribution in [0.3, 0.4) is 0 Å². The fourth-order valence-electron chi connectivity index (χ4n) is 1.88. The third-order valence-corrected chi connectivity index (χ3v) is 2.78. The van der Waals surface area contributed by atoms with Crippen LogP contribution in [0.2, 0.25) is 0 Å². The minimum Gasteiger partial charge on any atom is -0.380 e. The van der Waals surface area contributed by atoms with Crippen LogP contribution in [0.5, 0.6) is 0 Å². The first kappa shape index (κ1) is 13.0. The van der Waals surface area contributed by atoms with Crippen molar-refractivity contribution in [3.05, 3.63) is 30.1 Å². The van der Waals surface area contributed by atoms with Crippen molar-refractivity contribution in [3.63, 3.8) is 0 Å². The van der Waals surface area contributed by atoms with Crippen LogP contribution in [0.15, 0.2) is 24.3 Å². The lowest BCUT2D eigenvalue weighted by Gasteiger charge is -2.23. The molecule has 0 amide bonds. The Hall–Kier alpha value is -1.09. The topological polar surface area (TPSA) is 29.1 Å². The molecule has 0 radical (unpaired) electrons. The molecule has 0 aliphatic heterocycles. The van der Waals surface area contributed by atoms with Crippen molar-refractivity contribution in [2.45, 2.75) is 31.7 Å². The first-order valence-corrected chi connectivity index (χ1v) is 5.28. The lowest BCUT2D eigenvalue weighted by Crippen LogP contribution is -2.26. The third kappa shape index (κ3) is 3.20. The summed E-state index contributed by atoms with van der Waals surface area (Å²) in [7, 11) is 0. The van der Waals surface area contributed by atoms with E-state index in [2.05, 4.69) is 5.32 Å². The second-order valence-electron chi connectivity index (χ2n) is 3.94.